The molecule has 5 heteroatoms. The Morgan fingerprint density at radius 3 is 2.65 bits per heavy atom. The van der Waals surface area contributed by atoms with Crippen molar-refractivity contribution < 1.29 is 24.1 Å². The van der Waals surface area contributed by atoms with Gasteiger partial charge in [-0.15, -0.1) is 0 Å². The number of ether oxygens (including phenoxy) is 2. The Morgan fingerprint density at radius 2 is 2.06 bits per heavy atom. The highest BCUT2D eigenvalue weighted by atomic mass is 19.1. The normalized spacial score (nSPS) is 12.5. The lowest BCUT2D eigenvalue weighted by Gasteiger charge is -2.10. The van der Waals surface area contributed by atoms with Crippen LogP contribution in [-0.2, 0) is 4.74 Å². The van der Waals surface area contributed by atoms with Gasteiger partial charge >= 0.3 is 0 Å². The molecule has 0 aromatic heterocycles. The van der Waals surface area contributed by atoms with E-state index in [-0.39, 0.29) is 32.2 Å². The van der Waals surface area contributed by atoms with Crippen LogP contribution in [0.4, 0.5) is 4.39 Å². The largest absolute Gasteiger partial charge is 0.488 e. The van der Waals surface area contributed by atoms with E-state index >= 15 is 0 Å². The van der Waals surface area contributed by atoms with Crippen molar-refractivity contribution in [3.05, 3.63) is 29.6 Å². The Balaban J connectivity index is 2.43. The molecule has 1 rings (SSSR count). The third-order valence-corrected chi connectivity index (χ3v) is 2.16. The summed E-state index contributed by atoms with van der Waals surface area (Å²) in [6.07, 6.45) is -0.702. The second-order valence-corrected chi connectivity index (χ2v) is 3.55. The number of hydrogen-bond donors (Lipinski definition) is 2. The van der Waals surface area contributed by atoms with E-state index in [4.69, 9.17) is 14.6 Å². The summed E-state index contributed by atoms with van der Waals surface area (Å²) in [5, 5.41) is 17.7. The van der Waals surface area contributed by atoms with E-state index in [0.29, 0.717) is 5.56 Å². The second kappa shape index (κ2) is 7.21. The number of benzene rings is 1. The third kappa shape index (κ3) is 4.68. The van der Waals surface area contributed by atoms with Gasteiger partial charge in [0.15, 0.2) is 11.6 Å². The lowest BCUT2D eigenvalue weighted by Crippen LogP contribution is -2.10. The Bertz CT molecular complexity index is 341. The number of hydrogen-bond acceptors (Lipinski definition) is 4. The van der Waals surface area contributed by atoms with Gasteiger partial charge in [-0.3, -0.25) is 0 Å². The third-order valence-electron chi connectivity index (χ3n) is 2.16. The highest BCUT2D eigenvalue weighted by molar-refractivity contribution is 5.30. The molecule has 0 spiro atoms. The average molecular weight is 244 g/mol. The molecule has 17 heavy (non-hydrogen) atoms. The van der Waals surface area contributed by atoms with Crippen LogP contribution in [0.3, 0.4) is 0 Å². The van der Waals surface area contributed by atoms with Crippen LogP contribution in [0.25, 0.3) is 0 Å². The van der Waals surface area contributed by atoms with E-state index in [2.05, 4.69) is 0 Å². The van der Waals surface area contributed by atoms with Gasteiger partial charge < -0.3 is 19.7 Å². The van der Waals surface area contributed by atoms with Crippen molar-refractivity contribution in [3.8, 4) is 5.75 Å². The van der Waals surface area contributed by atoms with Crippen molar-refractivity contribution in [2.45, 2.75) is 13.0 Å². The van der Waals surface area contributed by atoms with Gasteiger partial charge in [-0.25, -0.2) is 4.39 Å². The minimum absolute atomic E-state index is 0.0442. The molecular weight excluding hydrogens is 227 g/mol. The van der Waals surface area contributed by atoms with E-state index in [1.165, 1.54) is 12.1 Å². The summed E-state index contributed by atoms with van der Waals surface area (Å²) < 4.78 is 23.6. The molecule has 0 fully saturated rings. The molecule has 0 amide bonds. The highest BCUT2D eigenvalue weighted by Crippen LogP contribution is 2.21. The minimum Gasteiger partial charge on any atom is -0.488 e. The van der Waals surface area contributed by atoms with Gasteiger partial charge in [-0.1, -0.05) is 6.07 Å². The summed E-state index contributed by atoms with van der Waals surface area (Å²) in [5.41, 5.74) is 0.506. The SMILES string of the molecule is C[C@@H](O)c1ccc(OCCOCCO)c(F)c1. The summed E-state index contributed by atoms with van der Waals surface area (Å²) in [6.45, 7) is 2.27. The smallest absolute Gasteiger partial charge is 0.165 e. The number of halogens is 1. The van der Waals surface area contributed by atoms with Crippen LogP contribution in [0.2, 0.25) is 0 Å². The molecule has 0 saturated heterocycles. The zero-order valence-electron chi connectivity index (χ0n) is 9.73. The van der Waals surface area contributed by atoms with Crippen LogP contribution in [-0.4, -0.2) is 36.6 Å². The number of aliphatic hydroxyl groups is 2. The van der Waals surface area contributed by atoms with Gasteiger partial charge in [0.1, 0.15) is 6.61 Å². The highest BCUT2D eigenvalue weighted by Gasteiger charge is 2.07. The van der Waals surface area contributed by atoms with Crippen LogP contribution in [0.1, 0.15) is 18.6 Å². The van der Waals surface area contributed by atoms with Crippen molar-refractivity contribution >= 4 is 0 Å². The molecular formula is C12H17FO4. The standard InChI is InChI=1S/C12H17FO4/c1-9(15)10-2-3-12(11(13)8-10)17-7-6-16-5-4-14/h2-3,8-9,14-15H,4-7H2,1H3/t9-/m1/s1. The molecule has 0 heterocycles. The van der Waals surface area contributed by atoms with Gasteiger partial charge in [0.2, 0.25) is 0 Å². The molecule has 0 aliphatic rings. The maximum Gasteiger partial charge on any atom is 0.165 e. The van der Waals surface area contributed by atoms with Crippen LogP contribution >= 0.6 is 0 Å². The summed E-state index contributed by atoms with van der Waals surface area (Å²) >= 11 is 0. The zero-order chi connectivity index (χ0) is 12.7. The van der Waals surface area contributed by atoms with Gasteiger partial charge in [-0.2, -0.15) is 0 Å². The maximum absolute atomic E-state index is 13.5. The Hall–Kier alpha value is -1.17. The predicted molar refractivity (Wildman–Crippen MR) is 60.4 cm³/mol. The fraction of sp³-hybridized carbons (Fsp3) is 0.500. The molecule has 0 aliphatic heterocycles. The Kier molecular flexibility index (Phi) is 5.90. The van der Waals surface area contributed by atoms with Crippen molar-refractivity contribution in [2.24, 2.45) is 0 Å². The van der Waals surface area contributed by atoms with E-state index in [1.54, 1.807) is 13.0 Å². The lowest BCUT2D eigenvalue weighted by atomic mass is 10.1. The molecule has 0 aliphatic carbocycles. The fourth-order valence-corrected chi connectivity index (χ4v) is 1.27. The van der Waals surface area contributed by atoms with Crippen molar-refractivity contribution in [1.29, 1.82) is 0 Å². The molecule has 4 nitrogen and oxygen atoms in total. The first-order chi connectivity index (χ1) is 8.15. The Labute approximate surface area is 99.6 Å². The molecule has 0 bridgehead atoms. The molecule has 2 N–H and O–H groups in total. The zero-order valence-corrected chi connectivity index (χ0v) is 9.73. The summed E-state index contributed by atoms with van der Waals surface area (Å²) in [5.74, 6) is -0.382. The first-order valence-corrected chi connectivity index (χ1v) is 5.44. The molecule has 96 valence electrons. The minimum atomic E-state index is -0.702. The molecule has 0 radical (unpaired) electrons. The van der Waals surface area contributed by atoms with Crippen molar-refractivity contribution in [3.63, 3.8) is 0 Å². The summed E-state index contributed by atoms with van der Waals surface area (Å²) in [6, 6.07) is 4.33. The molecule has 1 atom stereocenters. The summed E-state index contributed by atoms with van der Waals surface area (Å²) in [4.78, 5) is 0. The number of rotatable bonds is 7. The fourth-order valence-electron chi connectivity index (χ4n) is 1.27. The van der Waals surface area contributed by atoms with Crippen LogP contribution in [0.15, 0.2) is 18.2 Å². The average Bonchev–Trinajstić information content (AvgIpc) is 2.30. The predicted octanol–water partition coefficient (Wildman–Crippen LogP) is 1.27. The lowest BCUT2D eigenvalue weighted by molar-refractivity contribution is 0.0696. The van der Waals surface area contributed by atoms with Gasteiger partial charge in [0.25, 0.3) is 0 Å². The van der Waals surface area contributed by atoms with Crippen molar-refractivity contribution in [2.75, 3.05) is 26.4 Å². The topological polar surface area (TPSA) is 58.9 Å². The Morgan fingerprint density at radius 1 is 1.29 bits per heavy atom. The van der Waals surface area contributed by atoms with Crippen LogP contribution in [0, 0.1) is 5.82 Å². The summed E-state index contributed by atoms with van der Waals surface area (Å²) in [7, 11) is 0. The quantitative estimate of drug-likeness (QED) is 0.709. The van der Waals surface area contributed by atoms with E-state index in [9.17, 15) is 9.50 Å². The monoisotopic (exact) mass is 244 g/mol. The molecule has 0 saturated carbocycles. The maximum atomic E-state index is 13.5. The van der Waals surface area contributed by atoms with E-state index in [1.807, 2.05) is 0 Å². The molecule has 0 unspecified atom stereocenters. The van der Waals surface area contributed by atoms with Gasteiger partial charge in [-0.05, 0) is 24.6 Å². The van der Waals surface area contributed by atoms with Crippen molar-refractivity contribution in [1.82, 2.24) is 0 Å². The second-order valence-electron chi connectivity index (χ2n) is 3.55. The number of aliphatic hydroxyl groups excluding tert-OH is 2. The van der Waals surface area contributed by atoms with Crippen LogP contribution in [0.5, 0.6) is 5.75 Å². The molecule has 1 aromatic carbocycles. The van der Waals surface area contributed by atoms with Gasteiger partial charge in [0.05, 0.1) is 25.9 Å². The first kappa shape index (κ1) is 13.9. The van der Waals surface area contributed by atoms with Gasteiger partial charge in [0, 0.05) is 0 Å². The van der Waals surface area contributed by atoms with E-state index < -0.39 is 11.9 Å². The first-order valence-electron chi connectivity index (χ1n) is 5.44. The van der Waals surface area contributed by atoms with E-state index in [0.717, 1.165) is 0 Å². The van der Waals surface area contributed by atoms with Crippen LogP contribution < -0.4 is 4.74 Å². The molecule has 1 aromatic rings.